The molecule has 0 aliphatic heterocycles. The van der Waals surface area contributed by atoms with Crippen molar-refractivity contribution in [3.63, 3.8) is 0 Å². The number of benzene rings is 1. The highest BCUT2D eigenvalue weighted by Crippen LogP contribution is 2.33. The van der Waals surface area contributed by atoms with Crippen LogP contribution in [0.3, 0.4) is 0 Å². The third-order valence-corrected chi connectivity index (χ3v) is 5.93. The van der Waals surface area contributed by atoms with E-state index < -0.39 is 32.7 Å². The summed E-state index contributed by atoms with van der Waals surface area (Å²) in [5.74, 6) is 0. The predicted octanol–water partition coefficient (Wildman–Crippen LogP) is 4.46. The van der Waals surface area contributed by atoms with E-state index in [1.165, 1.54) is 11.3 Å². The maximum Gasteiger partial charge on any atom is 0.416 e. The van der Waals surface area contributed by atoms with Gasteiger partial charge in [0.1, 0.15) is 4.90 Å². The first-order valence-corrected chi connectivity index (χ1v) is 8.78. The van der Waals surface area contributed by atoms with E-state index in [0.29, 0.717) is 6.07 Å². The zero-order chi connectivity index (χ0) is 16.5. The molecule has 0 aliphatic carbocycles. The molecule has 1 aromatic heterocycles. The van der Waals surface area contributed by atoms with Gasteiger partial charge in [0.25, 0.3) is 0 Å². The summed E-state index contributed by atoms with van der Waals surface area (Å²) in [6.45, 7) is 1.60. The summed E-state index contributed by atoms with van der Waals surface area (Å²) in [6, 6.07) is 5.11. The second-order valence-electron chi connectivity index (χ2n) is 4.50. The maximum atomic E-state index is 12.7. The van der Waals surface area contributed by atoms with Crippen molar-refractivity contribution in [3.8, 4) is 0 Å². The van der Waals surface area contributed by atoms with Crippen molar-refractivity contribution >= 4 is 33.0 Å². The van der Waals surface area contributed by atoms with Crippen LogP contribution in [0.15, 0.2) is 40.6 Å². The van der Waals surface area contributed by atoms with Crippen LogP contribution in [0.2, 0.25) is 5.02 Å². The number of thiophene rings is 1. The van der Waals surface area contributed by atoms with Gasteiger partial charge in [-0.05, 0) is 36.6 Å². The van der Waals surface area contributed by atoms with Gasteiger partial charge in [0.05, 0.1) is 16.6 Å². The van der Waals surface area contributed by atoms with Gasteiger partial charge in [-0.3, -0.25) is 0 Å². The van der Waals surface area contributed by atoms with Crippen molar-refractivity contribution in [1.82, 2.24) is 4.72 Å². The smallest absolute Gasteiger partial charge is 0.207 e. The minimum Gasteiger partial charge on any atom is -0.207 e. The number of rotatable bonds is 4. The Labute approximate surface area is 134 Å². The van der Waals surface area contributed by atoms with Crippen LogP contribution in [0, 0.1) is 0 Å². The second kappa shape index (κ2) is 6.19. The van der Waals surface area contributed by atoms with Crippen LogP contribution in [0.25, 0.3) is 0 Å². The zero-order valence-corrected chi connectivity index (χ0v) is 13.6. The predicted molar refractivity (Wildman–Crippen MR) is 79.5 cm³/mol. The summed E-state index contributed by atoms with van der Waals surface area (Å²) in [5.41, 5.74) is -1.07. The summed E-state index contributed by atoms with van der Waals surface area (Å²) in [7, 11) is -4.17. The van der Waals surface area contributed by atoms with E-state index in [0.717, 1.165) is 17.0 Å². The standard InChI is InChI=1S/C13H11ClF3NO2S2/c1-8(11-3-2-6-21-11)18-22(19,20)12-7-9(13(15,16)17)4-5-10(12)14/h2-8,18H,1H3. The Balaban J connectivity index is 2.37. The summed E-state index contributed by atoms with van der Waals surface area (Å²) >= 11 is 7.09. The molecule has 3 nitrogen and oxygen atoms in total. The van der Waals surface area contributed by atoms with E-state index in [2.05, 4.69) is 4.72 Å². The lowest BCUT2D eigenvalue weighted by molar-refractivity contribution is -0.137. The van der Waals surface area contributed by atoms with Gasteiger partial charge in [0.15, 0.2) is 0 Å². The molecule has 0 bridgehead atoms. The number of alkyl halides is 3. The highest BCUT2D eigenvalue weighted by molar-refractivity contribution is 7.89. The molecule has 2 aromatic rings. The second-order valence-corrected chi connectivity index (χ2v) is 7.57. The van der Waals surface area contributed by atoms with Crippen molar-refractivity contribution in [3.05, 3.63) is 51.2 Å². The minimum atomic E-state index is -4.64. The third-order valence-electron chi connectivity index (χ3n) is 2.85. The first-order valence-electron chi connectivity index (χ1n) is 6.04. The van der Waals surface area contributed by atoms with Gasteiger partial charge in [-0.25, -0.2) is 13.1 Å². The first kappa shape index (κ1) is 17.3. The van der Waals surface area contributed by atoms with Crippen molar-refractivity contribution < 1.29 is 21.6 Å². The Bertz CT molecular complexity index is 758. The topological polar surface area (TPSA) is 46.2 Å². The van der Waals surface area contributed by atoms with E-state index in [9.17, 15) is 21.6 Å². The fourth-order valence-electron chi connectivity index (χ4n) is 1.78. The fourth-order valence-corrected chi connectivity index (χ4v) is 4.34. The van der Waals surface area contributed by atoms with Gasteiger partial charge in [-0.1, -0.05) is 17.7 Å². The molecule has 22 heavy (non-hydrogen) atoms. The van der Waals surface area contributed by atoms with Crippen molar-refractivity contribution in [1.29, 1.82) is 0 Å². The van der Waals surface area contributed by atoms with E-state index >= 15 is 0 Å². The molecule has 120 valence electrons. The van der Waals surface area contributed by atoms with Gasteiger partial charge in [0, 0.05) is 4.88 Å². The van der Waals surface area contributed by atoms with Crippen LogP contribution >= 0.6 is 22.9 Å². The number of nitrogens with one attached hydrogen (secondary N) is 1. The summed E-state index contributed by atoms with van der Waals surface area (Å²) in [5, 5.41) is 1.51. The molecule has 0 amide bonds. The van der Waals surface area contributed by atoms with Crippen LogP contribution in [-0.2, 0) is 16.2 Å². The Morgan fingerprint density at radius 3 is 2.50 bits per heavy atom. The molecule has 0 fully saturated rings. The number of halogens is 4. The molecule has 2 rings (SSSR count). The van der Waals surface area contributed by atoms with Crippen LogP contribution in [0.1, 0.15) is 23.4 Å². The fraction of sp³-hybridized carbons (Fsp3) is 0.231. The van der Waals surface area contributed by atoms with Gasteiger partial charge in [-0.2, -0.15) is 13.2 Å². The Morgan fingerprint density at radius 1 is 1.27 bits per heavy atom. The molecule has 0 saturated carbocycles. The van der Waals surface area contributed by atoms with Crippen molar-refractivity contribution in [2.45, 2.75) is 24.0 Å². The molecule has 0 aliphatic rings. The van der Waals surface area contributed by atoms with Crippen LogP contribution in [-0.4, -0.2) is 8.42 Å². The lowest BCUT2D eigenvalue weighted by Gasteiger charge is -2.15. The monoisotopic (exact) mass is 369 g/mol. The van der Waals surface area contributed by atoms with Crippen LogP contribution < -0.4 is 4.72 Å². The quantitative estimate of drug-likeness (QED) is 0.864. The van der Waals surface area contributed by atoms with Gasteiger partial charge in [0.2, 0.25) is 10.0 Å². The molecule has 0 spiro atoms. The SMILES string of the molecule is CC(NS(=O)(=O)c1cc(C(F)(F)F)ccc1Cl)c1cccs1. The number of hydrogen-bond donors (Lipinski definition) is 1. The highest BCUT2D eigenvalue weighted by atomic mass is 35.5. The average Bonchev–Trinajstić information content (AvgIpc) is 2.90. The normalized spacial score (nSPS) is 14.0. The van der Waals surface area contributed by atoms with E-state index in [1.54, 1.807) is 24.4 Å². The lowest BCUT2D eigenvalue weighted by Crippen LogP contribution is -2.27. The molecule has 9 heteroatoms. The first-order chi connectivity index (χ1) is 10.1. The average molecular weight is 370 g/mol. The van der Waals surface area contributed by atoms with Crippen molar-refractivity contribution in [2.24, 2.45) is 0 Å². The Morgan fingerprint density at radius 2 is 1.95 bits per heavy atom. The number of sulfonamides is 1. The van der Waals surface area contributed by atoms with Crippen molar-refractivity contribution in [2.75, 3.05) is 0 Å². The molecule has 1 unspecified atom stereocenters. The molecular weight excluding hydrogens is 359 g/mol. The van der Waals surface area contributed by atoms with E-state index in [-0.39, 0.29) is 5.02 Å². The Hall–Kier alpha value is -1.09. The number of hydrogen-bond acceptors (Lipinski definition) is 3. The van der Waals surface area contributed by atoms with Gasteiger partial charge >= 0.3 is 6.18 Å². The lowest BCUT2D eigenvalue weighted by atomic mass is 10.2. The summed E-state index contributed by atoms with van der Waals surface area (Å²) in [4.78, 5) is 0.152. The van der Waals surface area contributed by atoms with E-state index in [1.807, 2.05) is 0 Å². The minimum absolute atomic E-state index is 0.265. The zero-order valence-electron chi connectivity index (χ0n) is 11.2. The highest BCUT2D eigenvalue weighted by Gasteiger charge is 2.33. The van der Waals surface area contributed by atoms with E-state index in [4.69, 9.17) is 11.6 Å². The maximum absolute atomic E-state index is 12.7. The van der Waals surface area contributed by atoms with Crippen LogP contribution in [0.4, 0.5) is 13.2 Å². The molecule has 0 radical (unpaired) electrons. The third kappa shape index (κ3) is 3.81. The summed E-state index contributed by atoms with van der Waals surface area (Å²) < 4.78 is 65.0. The molecule has 1 atom stereocenters. The van der Waals surface area contributed by atoms with Gasteiger partial charge < -0.3 is 0 Å². The van der Waals surface area contributed by atoms with Gasteiger partial charge in [-0.15, -0.1) is 11.3 Å². The molecule has 0 saturated heterocycles. The molecule has 1 heterocycles. The molecule has 1 aromatic carbocycles. The molecule has 1 N–H and O–H groups in total. The summed E-state index contributed by atoms with van der Waals surface area (Å²) in [6.07, 6.45) is -4.64. The largest absolute Gasteiger partial charge is 0.416 e. The molecular formula is C13H11ClF3NO2S2. The van der Waals surface area contributed by atoms with Crippen LogP contribution in [0.5, 0.6) is 0 Å². The Kier molecular flexibility index (Phi) is 4.86.